The van der Waals surface area contributed by atoms with E-state index in [1.54, 1.807) is 0 Å². The molecule has 2 rings (SSSR count). The van der Waals surface area contributed by atoms with Crippen LogP contribution in [0.3, 0.4) is 0 Å². The second kappa shape index (κ2) is 7.81. The molecule has 0 amide bonds. The topological polar surface area (TPSA) is 41.5 Å². The van der Waals surface area contributed by atoms with Gasteiger partial charge in [0.25, 0.3) is 0 Å². The van der Waals surface area contributed by atoms with Crippen LogP contribution in [0.25, 0.3) is 0 Å². The molecule has 0 saturated carbocycles. The maximum Gasteiger partial charge on any atom is 0.119 e. The molecule has 3 nitrogen and oxygen atoms in total. The van der Waals surface area contributed by atoms with Crippen LogP contribution < -0.4 is 10.1 Å². The molecule has 2 N–H and O–H groups in total. The normalized spacial score (nSPS) is 13.7. The maximum absolute atomic E-state index is 9.19. The SMILES string of the molecule is CC(CNC(C)c1cccc(CO)c1)Oc1ccccc1. The van der Waals surface area contributed by atoms with E-state index >= 15 is 0 Å². The number of aliphatic hydroxyl groups is 1. The summed E-state index contributed by atoms with van der Waals surface area (Å²) in [5, 5.41) is 12.6. The van der Waals surface area contributed by atoms with Crippen LogP contribution in [0.5, 0.6) is 5.75 Å². The van der Waals surface area contributed by atoms with Gasteiger partial charge in [0, 0.05) is 12.6 Å². The highest BCUT2D eigenvalue weighted by Gasteiger charge is 2.09. The van der Waals surface area contributed by atoms with Gasteiger partial charge in [-0.1, -0.05) is 42.5 Å². The zero-order chi connectivity index (χ0) is 15.1. The minimum atomic E-state index is 0.0775. The standard InChI is InChI=1S/C18H23NO2/c1-14(21-18-9-4-3-5-10-18)12-19-15(2)17-8-6-7-16(11-17)13-20/h3-11,14-15,19-20H,12-13H2,1-2H3. The van der Waals surface area contributed by atoms with Crippen molar-refractivity contribution < 1.29 is 9.84 Å². The van der Waals surface area contributed by atoms with E-state index in [9.17, 15) is 5.11 Å². The highest BCUT2D eigenvalue weighted by Crippen LogP contribution is 2.15. The zero-order valence-corrected chi connectivity index (χ0v) is 12.6. The molecule has 2 aromatic carbocycles. The van der Waals surface area contributed by atoms with E-state index in [0.29, 0.717) is 0 Å². The predicted molar refractivity (Wildman–Crippen MR) is 85.3 cm³/mol. The van der Waals surface area contributed by atoms with Crippen molar-refractivity contribution in [2.24, 2.45) is 0 Å². The summed E-state index contributed by atoms with van der Waals surface area (Å²) >= 11 is 0. The summed E-state index contributed by atoms with van der Waals surface area (Å²) in [6.45, 7) is 5.01. The van der Waals surface area contributed by atoms with Gasteiger partial charge in [0.1, 0.15) is 11.9 Å². The van der Waals surface area contributed by atoms with Crippen LogP contribution in [-0.2, 0) is 6.61 Å². The Hall–Kier alpha value is -1.84. The van der Waals surface area contributed by atoms with E-state index in [2.05, 4.69) is 25.2 Å². The molecule has 0 aliphatic heterocycles. The Labute approximate surface area is 126 Å². The summed E-state index contributed by atoms with van der Waals surface area (Å²) in [7, 11) is 0. The summed E-state index contributed by atoms with van der Waals surface area (Å²) in [6.07, 6.45) is 0.0934. The van der Waals surface area contributed by atoms with Crippen LogP contribution in [0.1, 0.15) is 31.0 Å². The van der Waals surface area contributed by atoms with Crippen molar-refractivity contribution in [3.63, 3.8) is 0 Å². The first kappa shape index (κ1) is 15.5. The number of rotatable bonds is 7. The Bertz CT molecular complexity index is 542. The van der Waals surface area contributed by atoms with Crippen LogP contribution in [-0.4, -0.2) is 17.8 Å². The molecule has 0 aliphatic carbocycles. The number of hydrogen-bond acceptors (Lipinski definition) is 3. The fourth-order valence-corrected chi connectivity index (χ4v) is 2.19. The molecule has 0 spiro atoms. The van der Waals surface area contributed by atoms with E-state index in [1.807, 2.05) is 48.5 Å². The Balaban J connectivity index is 1.84. The number of ether oxygens (including phenoxy) is 1. The number of aliphatic hydroxyl groups excluding tert-OH is 1. The molecule has 2 aromatic rings. The number of benzene rings is 2. The van der Waals surface area contributed by atoms with E-state index < -0.39 is 0 Å². The smallest absolute Gasteiger partial charge is 0.119 e. The molecule has 2 atom stereocenters. The number of nitrogens with one attached hydrogen (secondary N) is 1. The van der Waals surface area contributed by atoms with Gasteiger partial charge in [-0.2, -0.15) is 0 Å². The van der Waals surface area contributed by atoms with Gasteiger partial charge in [0.2, 0.25) is 0 Å². The van der Waals surface area contributed by atoms with Crippen LogP contribution in [0, 0.1) is 0 Å². The Morgan fingerprint density at radius 2 is 1.81 bits per heavy atom. The number of para-hydroxylation sites is 1. The quantitative estimate of drug-likeness (QED) is 0.820. The van der Waals surface area contributed by atoms with Gasteiger partial charge >= 0.3 is 0 Å². The molecular weight excluding hydrogens is 262 g/mol. The van der Waals surface area contributed by atoms with Crippen molar-refractivity contribution in [1.82, 2.24) is 5.32 Å². The summed E-state index contributed by atoms with van der Waals surface area (Å²) in [4.78, 5) is 0. The van der Waals surface area contributed by atoms with Gasteiger partial charge in [-0.25, -0.2) is 0 Å². The van der Waals surface area contributed by atoms with Crippen molar-refractivity contribution in [2.45, 2.75) is 32.6 Å². The summed E-state index contributed by atoms with van der Waals surface area (Å²) in [5.74, 6) is 0.890. The minimum absolute atomic E-state index is 0.0775. The molecule has 0 aromatic heterocycles. The minimum Gasteiger partial charge on any atom is -0.489 e. The van der Waals surface area contributed by atoms with Gasteiger partial charge < -0.3 is 15.2 Å². The fraction of sp³-hybridized carbons (Fsp3) is 0.333. The lowest BCUT2D eigenvalue weighted by Crippen LogP contribution is -2.30. The van der Waals surface area contributed by atoms with Crippen LogP contribution in [0.2, 0.25) is 0 Å². The summed E-state index contributed by atoms with van der Waals surface area (Å²) in [6, 6.07) is 18.1. The average molecular weight is 285 g/mol. The molecule has 21 heavy (non-hydrogen) atoms. The first-order valence-electron chi connectivity index (χ1n) is 7.34. The lowest BCUT2D eigenvalue weighted by Gasteiger charge is -2.20. The van der Waals surface area contributed by atoms with Gasteiger partial charge in [-0.3, -0.25) is 0 Å². The largest absolute Gasteiger partial charge is 0.489 e. The van der Waals surface area contributed by atoms with Crippen molar-refractivity contribution in [1.29, 1.82) is 0 Å². The molecular formula is C18H23NO2. The first-order valence-corrected chi connectivity index (χ1v) is 7.34. The van der Waals surface area contributed by atoms with Gasteiger partial charge in [-0.15, -0.1) is 0 Å². The summed E-state index contributed by atoms with van der Waals surface area (Å²) in [5.41, 5.74) is 2.11. The monoisotopic (exact) mass is 285 g/mol. The highest BCUT2D eigenvalue weighted by atomic mass is 16.5. The zero-order valence-electron chi connectivity index (χ0n) is 12.6. The lowest BCUT2D eigenvalue weighted by molar-refractivity contribution is 0.212. The number of hydrogen-bond donors (Lipinski definition) is 2. The van der Waals surface area contributed by atoms with Crippen molar-refractivity contribution >= 4 is 0 Å². The Kier molecular flexibility index (Phi) is 5.78. The average Bonchev–Trinajstić information content (AvgIpc) is 2.53. The maximum atomic E-state index is 9.19. The molecule has 0 heterocycles. The van der Waals surface area contributed by atoms with Crippen LogP contribution in [0.15, 0.2) is 54.6 Å². The molecule has 112 valence electrons. The van der Waals surface area contributed by atoms with E-state index in [-0.39, 0.29) is 18.8 Å². The van der Waals surface area contributed by atoms with Crippen molar-refractivity contribution in [3.8, 4) is 5.75 Å². The Morgan fingerprint density at radius 1 is 1.05 bits per heavy atom. The fourth-order valence-electron chi connectivity index (χ4n) is 2.19. The second-order valence-corrected chi connectivity index (χ2v) is 5.27. The van der Waals surface area contributed by atoms with Crippen LogP contribution in [0.4, 0.5) is 0 Å². The Morgan fingerprint density at radius 3 is 2.52 bits per heavy atom. The van der Waals surface area contributed by atoms with Crippen LogP contribution >= 0.6 is 0 Å². The van der Waals surface area contributed by atoms with E-state index in [1.165, 1.54) is 5.56 Å². The molecule has 3 heteroatoms. The van der Waals surface area contributed by atoms with Gasteiger partial charge in [0.15, 0.2) is 0 Å². The van der Waals surface area contributed by atoms with Gasteiger partial charge in [0.05, 0.1) is 6.61 Å². The second-order valence-electron chi connectivity index (χ2n) is 5.27. The third-order valence-electron chi connectivity index (χ3n) is 3.43. The third-order valence-corrected chi connectivity index (χ3v) is 3.43. The first-order chi connectivity index (χ1) is 10.2. The molecule has 2 unspecified atom stereocenters. The highest BCUT2D eigenvalue weighted by molar-refractivity contribution is 5.25. The molecule has 0 saturated heterocycles. The predicted octanol–water partition coefficient (Wildman–Crippen LogP) is 3.30. The van der Waals surface area contributed by atoms with Crippen molar-refractivity contribution in [3.05, 3.63) is 65.7 Å². The van der Waals surface area contributed by atoms with E-state index in [0.717, 1.165) is 17.9 Å². The molecule has 0 fully saturated rings. The summed E-state index contributed by atoms with van der Waals surface area (Å²) < 4.78 is 5.84. The van der Waals surface area contributed by atoms with Gasteiger partial charge in [-0.05, 0) is 37.1 Å². The molecule has 0 radical (unpaired) electrons. The molecule has 0 aliphatic rings. The molecule has 0 bridgehead atoms. The third kappa shape index (κ3) is 4.88. The van der Waals surface area contributed by atoms with E-state index in [4.69, 9.17) is 4.74 Å². The van der Waals surface area contributed by atoms with Crippen molar-refractivity contribution in [2.75, 3.05) is 6.54 Å². The lowest BCUT2D eigenvalue weighted by atomic mass is 10.1.